The summed E-state index contributed by atoms with van der Waals surface area (Å²) in [6, 6.07) is 16.9. The summed E-state index contributed by atoms with van der Waals surface area (Å²) in [5.41, 5.74) is 2.84. The molecule has 1 aliphatic heterocycles. The Balaban J connectivity index is 1.54. The molecule has 0 spiro atoms. The average Bonchev–Trinajstić information content (AvgIpc) is 2.88. The number of hydrogen-bond donors (Lipinski definition) is 2. The van der Waals surface area contributed by atoms with Crippen molar-refractivity contribution in [2.45, 2.75) is 51.5 Å². The highest BCUT2D eigenvalue weighted by Gasteiger charge is 2.22. The molecular formula is C28H39N3O3. The summed E-state index contributed by atoms with van der Waals surface area (Å²) >= 11 is 0. The average molecular weight is 466 g/mol. The molecule has 2 aromatic rings. The molecule has 0 aromatic heterocycles. The zero-order chi connectivity index (χ0) is 24.0. The van der Waals surface area contributed by atoms with Crippen LogP contribution in [0.1, 0.15) is 54.1 Å². The summed E-state index contributed by atoms with van der Waals surface area (Å²) < 4.78 is 5.38. The van der Waals surface area contributed by atoms with E-state index in [9.17, 15) is 9.59 Å². The van der Waals surface area contributed by atoms with Crippen LogP contribution in [-0.2, 0) is 22.4 Å². The predicted octanol–water partition coefficient (Wildman–Crippen LogP) is 3.60. The minimum Gasteiger partial charge on any atom is -0.379 e. The van der Waals surface area contributed by atoms with Crippen LogP contribution in [0.25, 0.3) is 0 Å². The Morgan fingerprint density at radius 1 is 0.941 bits per heavy atom. The number of morpholine rings is 1. The van der Waals surface area contributed by atoms with Gasteiger partial charge in [-0.15, -0.1) is 0 Å². The molecule has 2 aromatic carbocycles. The van der Waals surface area contributed by atoms with Crippen molar-refractivity contribution < 1.29 is 14.3 Å². The number of ether oxygens (including phenoxy) is 1. The fraction of sp³-hybridized carbons (Fsp3) is 0.500. The first-order chi connectivity index (χ1) is 16.7. The van der Waals surface area contributed by atoms with Gasteiger partial charge in [-0.1, -0.05) is 62.2 Å². The van der Waals surface area contributed by atoms with Crippen LogP contribution in [0.15, 0.2) is 54.6 Å². The molecule has 1 saturated heterocycles. The van der Waals surface area contributed by atoms with E-state index >= 15 is 0 Å². The van der Waals surface area contributed by atoms with E-state index in [0.717, 1.165) is 57.7 Å². The van der Waals surface area contributed by atoms with Crippen LogP contribution < -0.4 is 10.6 Å². The van der Waals surface area contributed by atoms with Crippen molar-refractivity contribution in [3.8, 4) is 0 Å². The Hall–Kier alpha value is -2.70. The van der Waals surface area contributed by atoms with E-state index in [-0.39, 0.29) is 11.8 Å². The first kappa shape index (κ1) is 25.9. The number of hydrogen-bond acceptors (Lipinski definition) is 4. The standard InChI is InChI=1S/C28H39N3O3/c1-2-3-5-9-23-12-14-25(15-13-23)27(32)30-26(22-24-10-6-4-7-11-24)28(33)29-16-8-17-31-18-20-34-21-19-31/h4,6-7,10-15,26H,2-3,5,8-9,16-22H2,1H3,(H,29,33)(H,30,32). The highest BCUT2D eigenvalue weighted by atomic mass is 16.5. The molecule has 184 valence electrons. The molecule has 0 saturated carbocycles. The number of unbranched alkanes of at least 4 members (excludes halogenated alkanes) is 2. The van der Waals surface area contributed by atoms with Gasteiger partial charge in [-0.05, 0) is 49.1 Å². The van der Waals surface area contributed by atoms with E-state index in [2.05, 4.69) is 22.5 Å². The maximum atomic E-state index is 13.0. The third kappa shape index (κ3) is 8.92. The number of amides is 2. The van der Waals surface area contributed by atoms with Crippen molar-refractivity contribution in [1.82, 2.24) is 15.5 Å². The molecule has 0 radical (unpaired) electrons. The number of nitrogens with one attached hydrogen (secondary N) is 2. The fourth-order valence-corrected chi connectivity index (χ4v) is 4.16. The molecule has 1 fully saturated rings. The van der Waals surface area contributed by atoms with E-state index in [0.29, 0.717) is 18.5 Å². The second-order valence-corrected chi connectivity index (χ2v) is 8.97. The highest BCUT2D eigenvalue weighted by Crippen LogP contribution is 2.10. The Morgan fingerprint density at radius 3 is 2.38 bits per heavy atom. The van der Waals surface area contributed by atoms with Crippen molar-refractivity contribution in [2.24, 2.45) is 0 Å². The van der Waals surface area contributed by atoms with Gasteiger partial charge >= 0.3 is 0 Å². The Kier molecular flexibility index (Phi) is 11.1. The van der Waals surface area contributed by atoms with E-state index in [1.165, 1.54) is 18.4 Å². The van der Waals surface area contributed by atoms with Gasteiger partial charge in [0.05, 0.1) is 13.2 Å². The van der Waals surface area contributed by atoms with Crippen LogP contribution in [0, 0.1) is 0 Å². The number of nitrogens with zero attached hydrogens (tertiary/aromatic N) is 1. The monoisotopic (exact) mass is 465 g/mol. The van der Waals surface area contributed by atoms with Gasteiger partial charge in [0.2, 0.25) is 5.91 Å². The summed E-state index contributed by atoms with van der Waals surface area (Å²) in [6.07, 6.45) is 5.92. The van der Waals surface area contributed by atoms with Crippen LogP contribution in [0.5, 0.6) is 0 Å². The maximum absolute atomic E-state index is 13.0. The summed E-state index contributed by atoms with van der Waals surface area (Å²) in [7, 11) is 0. The van der Waals surface area contributed by atoms with Gasteiger partial charge in [-0.3, -0.25) is 14.5 Å². The predicted molar refractivity (Wildman–Crippen MR) is 136 cm³/mol. The largest absolute Gasteiger partial charge is 0.379 e. The first-order valence-corrected chi connectivity index (χ1v) is 12.7. The summed E-state index contributed by atoms with van der Waals surface area (Å²) in [5.74, 6) is -0.361. The van der Waals surface area contributed by atoms with E-state index in [4.69, 9.17) is 4.74 Å². The molecule has 6 nitrogen and oxygen atoms in total. The van der Waals surface area contributed by atoms with Gasteiger partial charge in [0, 0.05) is 31.6 Å². The second kappa shape index (κ2) is 14.5. The molecule has 1 unspecified atom stereocenters. The van der Waals surface area contributed by atoms with Crippen LogP contribution in [0.3, 0.4) is 0 Å². The lowest BCUT2D eigenvalue weighted by atomic mass is 10.0. The normalized spacial score (nSPS) is 15.0. The molecule has 1 atom stereocenters. The number of benzene rings is 2. The molecule has 6 heteroatoms. The first-order valence-electron chi connectivity index (χ1n) is 12.7. The molecule has 3 rings (SSSR count). The molecule has 2 amide bonds. The molecule has 1 heterocycles. The van der Waals surface area contributed by atoms with Crippen molar-refractivity contribution in [2.75, 3.05) is 39.4 Å². The summed E-state index contributed by atoms with van der Waals surface area (Å²) in [5, 5.41) is 5.99. The lowest BCUT2D eigenvalue weighted by Crippen LogP contribution is -2.48. The van der Waals surface area contributed by atoms with Crippen LogP contribution in [-0.4, -0.2) is 62.1 Å². The minimum atomic E-state index is -0.623. The van der Waals surface area contributed by atoms with E-state index in [1.807, 2.05) is 54.6 Å². The molecule has 34 heavy (non-hydrogen) atoms. The van der Waals surface area contributed by atoms with Crippen LogP contribution in [0.4, 0.5) is 0 Å². The maximum Gasteiger partial charge on any atom is 0.251 e. The zero-order valence-corrected chi connectivity index (χ0v) is 20.4. The SMILES string of the molecule is CCCCCc1ccc(C(=O)NC(Cc2ccccc2)C(=O)NCCCN2CCOCC2)cc1. The van der Waals surface area contributed by atoms with E-state index < -0.39 is 6.04 Å². The Labute approximate surface area is 204 Å². The summed E-state index contributed by atoms with van der Waals surface area (Å²) in [4.78, 5) is 28.3. The Morgan fingerprint density at radius 2 is 1.68 bits per heavy atom. The van der Waals surface area contributed by atoms with Gasteiger partial charge in [-0.2, -0.15) is 0 Å². The topological polar surface area (TPSA) is 70.7 Å². The number of carbonyl (C=O) groups excluding carboxylic acids is 2. The summed E-state index contributed by atoms with van der Waals surface area (Å²) in [6.45, 7) is 7.15. The van der Waals surface area contributed by atoms with Gasteiger partial charge in [0.15, 0.2) is 0 Å². The molecule has 2 N–H and O–H groups in total. The van der Waals surface area contributed by atoms with Gasteiger partial charge < -0.3 is 15.4 Å². The quantitative estimate of drug-likeness (QED) is 0.444. The zero-order valence-electron chi connectivity index (χ0n) is 20.4. The number of rotatable bonds is 13. The van der Waals surface area contributed by atoms with Crippen molar-refractivity contribution in [3.05, 3.63) is 71.3 Å². The molecular weight excluding hydrogens is 426 g/mol. The van der Waals surface area contributed by atoms with Crippen LogP contribution in [0.2, 0.25) is 0 Å². The number of aryl methyl sites for hydroxylation is 1. The molecule has 1 aliphatic rings. The van der Waals surface area contributed by atoms with Crippen LogP contribution >= 0.6 is 0 Å². The third-order valence-electron chi connectivity index (χ3n) is 6.24. The van der Waals surface area contributed by atoms with Gasteiger partial charge in [0.1, 0.15) is 6.04 Å². The van der Waals surface area contributed by atoms with Gasteiger partial charge in [-0.25, -0.2) is 0 Å². The molecule has 0 bridgehead atoms. The van der Waals surface area contributed by atoms with Crippen molar-refractivity contribution >= 4 is 11.8 Å². The van der Waals surface area contributed by atoms with Gasteiger partial charge in [0.25, 0.3) is 5.91 Å². The van der Waals surface area contributed by atoms with E-state index in [1.54, 1.807) is 0 Å². The second-order valence-electron chi connectivity index (χ2n) is 8.97. The Bertz CT molecular complexity index is 864. The smallest absolute Gasteiger partial charge is 0.251 e. The fourth-order valence-electron chi connectivity index (χ4n) is 4.16. The molecule has 0 aliphatic carbocycles. The highest BCUT2D eigenvalue weighted by molar-refractivity contribution is 5.97. The lowest BCUT2D eigenvalue weighted by molar-refractivity contribution is -0.123. The van der Waals surface area contributed by atoms with Crippen molar-refractivity contribution in [1.29, 1.82) is 0 Å². The minimum absolute atomic E-state index is 0.143. The lowest BCUT2D eigenvalue weighted by Gasteiger charge is -2.26. The van der Waals surface area contributed by atoms with Crippen molar-refractivity contribution in [3.63, 3.8) is 0 Å². The third-order valence-corrected chi connectivity index (χ3v) is 6.24. The number of carbonyl (C=O) groups is 2.